The number of nitrogens with zero attached hydrogens (tertiary/aromatic N) is 2. The van der Waals surface area contributed by atoms with Crippen molar-refractivity contribution in [3.63, 3.8) is 0 Å². The summed E-state index contributed by atoms with van der Waals surface area (Å²) >= 11 is 3.29. The topological polar surface area (TPSA) is 34.9 Å². The highest BCUT2D eigenvalue weighted by Gasteiger charge is 2.14. The lowest BCUT2D eigenvalue weighted by Gasteiger charge is -2.22. The van der Waals surface area contributed by atoms with Crippen LogP contribution in [0.2, 0.25) is 0 Å². The van der Waals surface area contributed by atoms with Crippen LogP contribution in [-0.4, -0.2) is 9.55 Å². The molecule has 0 aromatic carbocycles. The fourth-order valence-corrected chi connectivity index (χ4v) is 2.56. The smallest absolute Gasteiger partial charge is 0.269 e. The van der Waals surface area contributed by atoms with E-state index in [4.69, 9.17) is 0 Å². The molecular formula is C11H15BrN2O. The fraction of sp³-hybridized carbons (Fsp3) is 0.636. The predicted octanol–water partition coefficient (Wildman–Crippen LogP) is 2.59. The summed E-state index contributed by atoms with van der Waals surface area (Å²) < 4.78 is 2.51. The minimum atomic E-state index is 0.00349. The molecule has 1 aliphatic carbocycles. The van der Waals surface area contributed by atoms with Crippen LogP contribution in [0, 0.1) is 5.92 Å². The Hall–Kier alpha value is -0.640. The first-order valence-electron chi connectivity index (χ1n) is 5.48. The third kappa shape index (κ3) is 2.91. The van der Waals surface area contributed by atoms with Crippen LogP contribution < -0.4 is 5.56 Å². The first-order valence-corrected chi connectivity index (χ1v) is 6.27. The van der Waals surface area contributed by atoms with Gasteiger partial charge in [0.2, 0.25) is 0 Å². The molecule has 3 nitrogen and oxygen atoms in total. The van der Waals surface area contributed by atoms with Crippen molar-refractivity contribution in [2.24, 2.45) is 5.92 Å². The second-order valence-corrected chi connectivity index (χ2v) is 5.02. The maximum absolute atomic E-state index is 11.5. The Morgan fingerprint density at radius 3 is 2.87 bits per heavy atom. The van der Waals surface area contributed by atoms with Gasteiger partial charge in [-0.3, -0.25) is 4.79 Å². The van der Waals surface area contributed by atoms with Crippen LogP contribution in [0.3, 0.4) is 0 Å². The standard InChI is InChI=1S/C11H15BrN2O/c12-10-8-14(11(15)6-13-10)7-9-4-2-1-3-5-9/h6,8-9H,1-5,7H2. The molecule has 1 heterocycles. The van der Waals surface area contributed by atoms with Gasteiger partial charge in [0.05, 0.1) is 6.20 Å². The lowest BCUT2D eigenvalue weighted by Crippen LogP contribution is -2.24. The Balaban J connectivity index is 2.09. The minimum absolute atomic E-state index is 0.00349. The van der Waals surface area contributed by atoms with E-state index in [0.29, 0.717) is 5.92 Å². The van der Waals surface area contributed by atoms with Crippen molar-refractivity contribution in [1.82, 2.24) is 9.55 Å². The molecule has 0 spiro atoms. The molecule has 15 heavy (non-hydrogen) atoms. The third-order valence-electron chi connectivity index (χ3n) is 3.02. The van der Waals surface area contributed by atoms with E-state index in [9.17, 15) is 4.79 Å². The summed E-state index contributed by atoms with van der Waals surface area (Å²) in [6.45, 7) is 0.847. The van der Waals surface area contributed by atoms with Gasteiger partial charge in [-0.1, -0.05) is 19.3 Å². The second kappa shape index (κ2) is 4.92. The Labute approximate surface area is 97.7 Å². The van der Waals surface area contributed by atoms with Crippen LogP contribution in [0.1, 0.15) is 32.1 Å². The Kier molecular flexibility index (Phi) is 3.57. The van der Waals surface area contributed by atoms with Crippen molar-refractivity contribution < 1.29 is 0 Å². The van der Waals surface area contributed by atoms with E-state index in [1.165, 1.54) is 38.3 Å². The fourth-order valence-electron chi connectivity index (χ4n) is 2.21. The van der Waals surface area contributed by atoms with E-state index >= 15 is 0 Å². The number of rotatable bonds is 2. The average molecular weight is 271 g/mol. The predicted molar refractivity (Wildman–Crippen MR) is 62.8 cm³/mol. The van der Waals surface area contributed by atoms with Gasteiger partial charge in [0.15, 0.2) is 0 Å². The van der Waals surface area contributed by atoms with Crippen LogP contribution in [0.4, 0.5) is 0 Å². The first kappa shape index (κ1) is 10.9. The highest BCUT2D eigenvalue weighted by molar-refractivity contribution is 9.10. The van der Waals surface area contributed by atoms with Gasteiger partial charge in [-0.05, 0) is 34.7 Å². The molecule has 82 valence electrons. The van der Waals surface area contributed by atoms with Crippen molar-refractivity contribution >= 4 is 15.9 Å². The summed E-state index contributed by atoms with van der Waals surface area (Å²) in [5.41, 5.74) is 0.00349. The molecule has 0 N–H and O–H groups in total. The maximum atomic E-state index is 11.5. The molecular weight excluding hydrogens is 256 g/mol. The highest BCUT2D eigenvalue weighted by atomic mass is 79.9. The van der Waals surface area contributed by atoms with Crippen LogP contribution in [0.25, 0.3) is 0 Å². The molecule has 0 radical (unpaired) electrons. The maximum Gasteiger partial charge on any atom is 0.269 e. The van der Waals surface area contributed by atoms with Crippen LogP contribution in [0.15, 0.2) is 21.8 Å². The van der Waals surface area contributed by atoms with Gasteiger partial charge < -0.3 is 4.57 Å². The van der Waals surface area contributed by atoms with Crippen LogP contribution in [0.5, 0.6) is 0 Å². The van der Waals surface area contributed by atoms with Gasteiger partial charge in [0.25, 0.3) is 5.56 Å². The van der Waals surface area contributed by atoms with Crippen molar-refractivity contribution in [2.45, 2.75) is 38.6 Å². The Morgan fingerprint density at radius 2 is 2.13 bits per heavy atom. The van der Waals surface area contributed by atoms with Crippen molar-refractivity contribution in [3.05, 3.63) is 27.4 Å². The molecule has 1 aromatic rings. The Bertz CT molecular complexity index is 382. The van der Waals surface area contributed by atoms with E-state index < -0.39 is 0 Å². The molecule has 0 saturated heterocycles. The third-order valence-corrected chi connectivity index (χ3v) is 3.43. The molecule has 1 aliphatic rings. The second-order valence-electron chi connectivity index (χ2n) is 4.20. The van der Waals surface area contributed by atoms with Gasteiger partial charge in [-0.2, -0.15) is 0 Å². The average Bonchev–Trinajstić information content (AvgIpc) is 2.25. The molecule has 4 heteroatoms. The van der Waals surface area contributed by atoms with E-state index in [0.717, 1.165) is 11.1 Å². The molecule has 2 rings (SSSR count). The zero-order valence-electron chi connectivity index (χ0n) is 8.66. The molecule has 1 aromatic heterocycles. The lowest BCUT2D eigenvalue weighted by molar-refractivity contribution is 0.315. The van der Waals surface area contributed by atoms with Gasteiger partial charge in [0, 0.05) is 12.7 Å². The van der Waals surface area contributed by atoms with E-state index in [1.54, 1.807) is 10.8 Å². The minimum Gasteiger partial charge on any atom is -0.311 e. The largest absolute Gasteiger partial charge is 0.311 e. The summed E-state index contributed by atoms with van der Waals surface area (Å²) in [7, 11) is 0. The summed E-state index contributed by atoms with van der Waals surface area (Å²) in [6.07, 6.45) is 9.66. The Morgan fingerprint density at radius 1 is 1.40 bits per heavy atom. The van der Waals surface area contributed by atoms with Crippen molar-refractivity contribution in [1.29, 1.82) is 0 Å². The van der Waals surface area contributed by atoms with Gasteiger partial charge in [-0.15, -0.1) is 0 Å². The normalized spacial score (nSPS) is 17.9. The molecule has 1 saturated carbocycles. The SMILES string of the molecule is O=c1cnc(Br)cn1CC1CCCCC1. The molecule has 1 fully saturated rings. The van der Waals surface area contributed by atoms with Gasteiger partial charge in [0.1, 0.15) is 4.60 Å². The quantitative estimate of drug-likeness (QED) is 0.828. The van der Waals surface area contributed by atoms with Crippen LogP contribution >= 0.6 is 15.9 Å². The van der Waals surface area contributed by atoms with Gasteiger partial charge in [-0.25, -0.2) is 4.98 Å². The highest BCUT2D eigenvalue weighted by Crippen LogP contribution is 2.24. The van der Waals surface area contributed by atoms with Gasteiger partial charge >= 0.3 is 0 Å². The monoisotopic (exact) mass is 270 g/mol. The summed E-state index contributed by atoms with van der Waals surface area (Å²) in [5.74, 6) is 0.672. The number of hydrogen-bond acceptors (Lipinski definition) is 2. The number of aromatic nitrogens is 2. The zero-order chi connectivity index (χ0) is 10.7. The molecule has 0 atom stereocenters. The molecule has 0 unspecified atom stereocenters. The first-order chi connectivity index (χ1) is 7.25. The van der Waals surface area contributed by atoms with E-state index in [2.05, 4.69) is 20.9 Å². The van der Waals surface area contributed by atoms with Crippen molar-refractivity contribution in [3.8, 4) is 0 Å². The van der Waals surface area contributed by atoms with Crippen LogP contribution in [-0.2, 0) is 6.54 Å². The summed E-state index contributed by atoms with van der Waals surface area (Å²) in [4.78, 5) is 15.4. The number of hydrogen-bond donors (Lipinski definition) is 0. The molecule has 0 amide bonds. The summed E-state index contributed by atoms with van der Waals surface area (Å²) in [6, 6.07) is 0. The zero-order valence-corrected chi connectivity index (χ0v) is 10.2. The van der Waals surface area contributed by atoms with E-state index in [-0.39, 0.29) is 5.56 Å². The van der Waals surface area contributed by atoms with Crippen molar-refractivity contribution in [2.75, 3.05) is 0 Å². The molecule has 0 aliphatic heterocycles. The molecule has 0 bridgehead atoms. The number of halogens is 1. The van der Waals surface area contributed by atoms with E-state index in [1.807, 2.05) is 0 Å². The summed E-state index contributed by atoms with van der Waals surface area (Å²) in [5, 5.41) is 0. The lowest BCUT2D eigenvalue weighted by atomic mass is 9.89.